The smallest absolute Gasteiger partial charge is 0.243 e. The maximum absolute atomic E-state index is 12.9. The predicted octanol–water partition coefficient (Wildman–Crippen LogP) is 5.08. The number of likely N-dealkylation sites (tertiary alicyclic amines) is 1. The van der Waals surface area contributed by atoms with Gasteiger partial charge in [0.25, 0.3) is 0 Å². The lowest BCUT2D eigenvalue weighted by atomic mass is 9.79. The highest BCUT2D eigenvalue weighted by Crippen LogP contribution is 2.37. The first kappa shape index (κ1) is 34.8. The number of ether oxygens (including phenoxy) is 1. The Balaban J connectivity index is 0.000000396. The van der Waals surface area contributed by atoms with Gasteiger partial charge in [-0.05, 0) is 42.9 Å². The number of nitrogens with zero attached hydrogens (tertiary/aromatic N) is 1. The first-order chi connectivity index (χ1) is 20.4. The molecule has 5 N–H and O–H groups in total. The van der Waals surface area contributed by atoms with Crippen molar-refractivity contribution in [2.75, 3.05) is 19.7 Å². The van der Waals surface area contributed by atoms with Crippen molar-refractivity contribution in [2.45, 2.75) is 84.7 Å². The molecule has 232 valence electrons. The number of rotatable bonds is 12. The van der Waals surface area contributed by atoms with Crippen LogP contribution in [0.2, 0.25) is 0 Å². The van der Waals surface area contributed by atoms with Crippen molar-refractivity contribution in [2.24, 2.45) is 17.6 Å². The van der Waals surface area contributed by atoms with Gasteiger partial charge >= 0.3 is 0 Å². The van der Waals surface area contributed by atoms with Gasteiger partial charge in [0.2, 0.25) is 18.2 Å². The third-order valence-corrected chi connectivity index (χ3v) is 8.46. The second-order valence-corrected chi connectivity index (χ2v) is 11.4. The van der Waals surface area contributed by atoms with E-state index in [2.05, 4.69) is 17.6 Å². The Morgan fingerprint density at radius 1 is 1.14 bits per heavy atom. The van der Waals surface area contributed by atoms with Crippen LogP contribution in [-0.4, -0.2) is 54.7 Å². The molecule has 2 fully saturated rings. The summed E-state index contributed by atoms with van der Waals surface area (Å²) in [5.41, 5.74) is 6.14. The average molecular weight is 600 g/mol. The quantitative estimate of drug-likeness (QED) is 0.117. The molecule has 1 saturated heterocycles. The predicted molar refractivity (Wildman–Crippen MR) is 170 cm³/mol. The Hall–Kier alpha value is -3.40. The van der Waals surface area contributed by atoms with E-state index < -0.39 is 6.04 Å². The fourth-order valence-electron chi connectivity index (χ4n) is 5.33. The van der Waals surface area contributed by atoms with Crippen molar-refractivity contribution in [3.05, 3.63) is 52.2 Å². The molecule has 0 radical (unpaired) electrons. The van der Waals surface area contributed by atoms with Crippen LogP contribution in [0.3, 0.4) is 0 Å². The minimum Gasteiger partial charge on any atom is -0.494 e. The summed E-state index contributed by atoms with van der Waals surface area (Å²) in [6, 6.07) is 11.2. The molecule has 0 spiro atoms. The van der Waals surface area contributed by atoms with Crippen molar-refractivity contribution in [3.8, 4) is 5.75 Å². The number of carbonyl (C=O) groups excluding carboxylic acids is 3. The molecule has 1 aliphatic carbocycles. The minimum absolute atomic E-state index is 0.00407. The number of thiophene rings is 1. The number of amides is 3. The lowest BCUT2D eigenvalue weighted by molar-refractivity contribution is -0.138. The average Bonchev–Trinajstić information content (AvgIpc) is 3.70. The highest BCUT2D eigenvalue weighted by atomic mass is 32.1. The summed E-state index contributed by atoms with van der Waals surface area (Å²) in [4.78, 5) is 38.6. The van der Waals surface area contributed by atoms with E-state index in [1.165, 1.54) is 37.0 Å². The van der Waals surface area contributed by atoms with Gasteiger partial charge in [-0.3, -0.25) is 19.8 Å². The van der Waals surface area contributed by atoms with Crippen LogP contribution in [0, 0.1) is 17.2 Å². The summed E-state index contributed by atoms with van der Waals surface area (Å²) in [7, 11) is 0. The lowest BCUT2D eigenvalue weighted by Gasteiger charge is -2.27. The summed E-state index contributed by atoms with van der Waals surface area (Å²) in [6.45, 7) is 7.83. The van der Waals surface area contributed by atoms with Gasteiger partial charge < -0.3 is 26.0 Å². The van der Waals surface area contributed by atoms with Gasteiger partial charge in [-0.25, -0.2) is 0 Å². The summed E-state index contributed by atoms with van der Waals surface area (Å²) < 4.78 is 5.45. The zero-order valence-electron chi connectivity index (χ0n) is 25.4. The van der Waals surface area contributed by atoms with Gasteiger partial charge in [0.15, 0.2) is 0 Å². The number of nitrogen functional groups attached to an aromatic ring is 1. The first-order valence-electron chi connectivity index (χ1n) is 15.3. The topological polar surface area (TPSA) is 138 Å². The van der Waals surface area contributed by atoms with E-state index in [9.17, 15) is 14.4 Å². The van der Waals surface area contributed by atoms with Gasteiger partial charge in [0.1, 0.15) is 17.6 Å². The number of para-hydroxylation sites is 1. The minimum atomic E-state index is -0.505. The second-order valence-electron chi connectivity index (χ2n) is 10.4. The molecule has 4 rings (SSSR count). The van der Waals surface area contributed by atoms with Gasteiger partial charge in [-0.2, -0.15) is 0 Å². The molecule has 1 aliphatic heterocycles. The van der Waals surface area contributed by atoms with Gasteiger partial charge in [-0.1, -0.05) is 77.5 Å². The molecule has 2 aromatic rings. The van der Waals surface area contributed by atoms with E-state index in [1.807, 2.05) is 44.2 Å². The van der Waals surface area contributed by atoms with Crippen LogP contribution in [0.25, 0.3) is 0 Å². The number of nitrogens with one attached hydrogen (secondary N) is 3. The molecule has 3 amide bonds. The standard InChI is InChI=1S/C20H29N5O3S.C10H14O.C2H6/c21-19(22)15-6-16(29-11-15)8-24-20(28)17-7-14(13-4-2-1-3-5-13)10-25(17)18(27)9-23-12-26;1-2-3-9-11-10-7-5-4-6-8-10;1-2/h6,11-14,17H,1-5,7-10H2,(H3,21,22)(H,23,26)(H,24,28);4-8H,2-3,9H2,1H3;1-2H3. The molecular formula is C32H49N5O4S. The Morgan fingerprint density at radius 3 is 2.48 bits per heavy atom. The monoisotopic (exact) mass is 599 g/mol. The van der Waals surface area contributed by atoms with E-state index in [1.54, 1.807) is 16.3 Å². The number of hydrogen-bond donors (Lipinski definition) is 4. The van der Waals surface area contributed by atoms with Gasteiger partial charge in [0, 0.05) is 22.4 Å². The van der Waals surface area contributed by atoms with Gasteiger partial charge in [-0.15, -0.1) is 11.3 Å². The molecule has 2 unspecified atom stereocenters. The zero-order chi connectivity index (χ0) is 30.7. The molecule has 0 bridgehead atoms. The summed E-state index contributed by atoms with van der Waals surface area (Å²) >= 11 is 1.44. The zero-order valence-corrected chi connectivity index (χ0v) is 26.2. The Bertz CT molecular complexity index is 1090. The number of amidine groups is 1. The number of unbranched alkanes of at least 4 members (excludes halogenated alkanes) is 1. The SMILES string of the molecule is CC.CCCCOc1ccccc1.N=C(N)c1csc(CNC(=O)C2CC(C3CCCCC3)CN2C(=O)CNC=O)c1. The summed E-state index contributed by atoms with van der Waals surface area (Å²) in [5, 5.41) is 14.6. The Morgan fingerprint density at radius 2 is 1.86 bits per heavy atom. The van der Waals surface area contributed by atoms with Gasteiger partial charge in [0.05, 0.1) is 19.7 Å². The summed E-state index contributed by atoms with van der Waals surface area (Å²) in [5.74, 6) is 1.49. The molecule has 2 atom stereocenters. The number of carbonyl (C=O) groups is 3. The fraction of sp³-hybridized carbons (Fsp3) is 0.562. The molecule has 1 saturated carbocycles. The Kier molecular flexibility index (Phi) is 16.3. The summed E-state index contributed by atoms with van der Waals surface area (Å²) in [6.07, 6.45) is 9.53. The third kappa shape index (κ3) is 11.5. The second kappa shape index (κ2) is 19.7. The van der Waals surface area contributed by atoms with Crippen molar-refractivity contribution in [1.29, 1.82) is 5.41 Å². The van der Waals surface area contributed by atoms with Crippen LogP contribution >= 0.6 is 11.3 Å². The van der Waals surface area contributed by atoms with Crippen molar-refractivity contribution >= 4 is 35.4 Å². The fourth-order valence-corrected chi connectivity index (χ4v) is 6.15. The largest absolute Gasteiger partial charge is 0.494 e. The third-order valence-electron chi connectivity index (χ3n) is 7.52. The molecule has 1 aromatic carbocycles. The van der Waals surface area contributed by atoms with E-state index in [4.69, 9.17) is 15.9 Å². The number of benzene rings is 1. The van der Waals surface area contributed by atoms with Crippen molar-refractivity contribution in [3.63, 3.8) is 0 Å². The van der Waals surface area contributed by atoms with Crippen LogP contribution in [0.4, 0.5) is 0 Å². The lowest BCUT2D eigenvalue weighted by Crippen LogP contribution is -2.48. The number of nitrogens with two attached hydrogens (primary N) is 1. The highest BCUT2D eigenvalue weighted by molar-refractivity contribution is 7.10. The van der Waals surface area contributed by atoms with E-state index in [0.717, 1.165) is 36.5 Å². The first-order valence-corrected chi connectivity index (χ1v) is 16.1. The Labute approximate surface area is 255 Å². The van der Waals surface area contributed by atoms with E-state index in [0.29, 0.717) is 43.3 Å². The van der Waals surface area contributed by atoms with Crippen LogP contribution in [0.1, 0.15) is 82.6 Å². The molecule has 2 aliphatic rings. The van der Waals surface area contributed by atoms with Crippen molar-refractivity contribution < 1.29 is 19.1 Å². The molecule has 10 heteroatoms. The molecule has 42 heavy (non-hydrogen) atoms. The van der Waals surface area contributed by atoms with Crippen LogP contribution in [0.5, 0.6) is 5.75 Å². The van der Waals surface area contributed by atoms with Crippen LogP contribution in [-0.2, 0) is 20.9 Å². The normalized spacial score (nSPS) is 18.0. The van der Waals surface area contributed by atoms with Crippen LogP contribution in [0.15, 0.2) is 41.8 Å². The maximum Gasteiger partial charge on any atom is 0.243 e. The molecular weight excluding hydrogens is 550 g/mol. The van der Waals surface area contributed by atoms with Crippen molar-refractivity contribution in [1.82, 2.24) is 15.5 Å². The molecule has 2 heterocycles. The van der Waals surface area contributed by atoms with E-state index >= 15 is 0 Å². The highest BCUT2D eigenvalue weighted by Gasteiger charge is 2.42. The molecule has 1 aromatic heterocycles. The molecule has 9 nitrogen and oxygen atoms in total. The van der Waals surface area contributed by atoms with Crippen LogP contribution < -0.4 is 21.1 Å². The van der Waals surface area contributed by atoms with E-state index in [-0.39, 0.29) is 24.2 Å². The maximum atomic E-state index is 12.9. The number of hydrogen-bond acceptors (Lipinski definition) is 6.